The molecule has 0 bridgehead atoms. The molecule has 3 heteroatoms. The molecule has 18 heavy (non-hydrogen) atoms. The minimum Gasteiger partial charge on any atom is -0.311 e. The summed E-state index contributed by atoms with van der Waals surface area (Å²) in [5, 5.41) is 8.17. The lowest BCUT2D eigenvalue weighted by molar-refractivity contribution is 0.434. The van der Waals surface area contributed by atoms with Crippen molar-refractivity contribution in [1.82, 2.24) is 15.1 Å². The highest BCUT2D eigenvalue weighted by Crippen LogP contribution is 2.17. The molecule has 0 amide bonds. The van der Waals surface area contributed by atoms with Crippen LogP contribution in [-0.4, -0.2) is 16.3 Å². The molecule has 100 valence electrons. The molecule has 1 N–H and O–H groups in total. The number of hydrogen-bond acceptors (Lipinski definition) is 2. The van der Waals surface area contributed by atoms with Crippen LogP contribution < -0.4 is 5.32 Å². The molecule has 0 spiro atoms. The van der Waals surface area contributed by atoms with Crippen molar-refractivity contribution in [3.05, 3.63) is 29.6 Å². The predicted molar refractivity (Wildman–Crippen MR) is 75.5 cm³/mol. The second-order valence-corrected chi connectivity index (χ2v) is 5.08. The smallest absolute Gasteiger partial charge is 0.0625 e. The number of nitrogens with one attached hydrogen (secondary N) is 1. The number of allylic oxidation sites excluding steroid dienone is 2. The maximum Gasteiger partial charge on any atom is 0.0625 e. The Labute approximate surface area is 110 Å². The highest BCUT2D eigenvalue weighted by atomic mass is 15.3. The van der Waals surface area contributed by atoms with E-state index >= 15 is 0 Å². The maximum absolute atomic E-state index is 4.58. The van der Waals surface area contributed by atoms with E-state index < -0.39 is 0 Å². The topological polar surface area (TPSA) is 29.9 Å². The van der Waals surface area contributed by atoms with Gasteiger partial charge in [0.05, 0.1) is 11.4 Å². The Morgan fingerprint density at radius 2 is 2.28 bits per heavy atom. The molecule has 3 nitrogen and oxygen atoms in total. The van der Waals surface area contributed by atoms with Crippen molar-refractivity contribution < 1.29 is 0 Å². The molecule has 0 radical (unpaired) electrons. The summed E-state index contributed by atoms with van der Waals surface area (Å²) < 4.78 is 2.12. The van der Waals surface area contributed by atoms with Gasteiger partial charge in [-0.05, 0) is 51.1 Å². The van der Waals surface area contributed by atoms with Crippen LogP contribution in [0.2, 0.25) is 0 Å². The summed E-state index contributed by atoms with van der Waals surface area (Å²) in [7, 11) is 0. The first-order valence-electron chi connectivity index (χ1n) is 7.24. The molecule has 1 heterocycles. The third-order valence-corrected chi connectivity index (χ3v) is 3.69. The van der Waals surface area contributed by atoms with Crippen molar-refractivity contribution in [2.24, 2.45) is 5.92 Å². The van der Waals surface area contributed by atoms with Crippen LogP contribution in [0.4, 0.5) is 0 Å². The Hall–Kier alpha value is -1.09. The molecule has 1 aromatic rings. The first-order valence-corrected chi connectivity index (χ1v) is 7.24. The molecule has 0 fully saturated rings. The molecule has 0 aliphatic heterocycles. The van der Waals surface area contributed by atoms with E-state index in [2.05, 4.69) is 47.2 Å². The van der Waals surface area contributed by atoms with E-state index in [1.807, 2.05) is 0 Å². The normalized spacial score (nSPS) is 19.3. The van der Waals surface area contributed by atoms with Crippen molar-refractivity contribution in [2.75, 3.05) is 6.54 Å². The monoisotopic (exact) mass is 247 g/mol. The van der Waals surface area contributed by atoms with E-state index in [1.54, 1.807) is 0 Å². The van der Waals surface area contributed by atoms with Gasteiger partial charge in [0.15, 0.2) is 0 Å². The van der Waals surface area contributed by atoms with Crippen LogP contribution in [-0.2, 0) is 19.5 Å². The van der Waals surface area contributed by atoms with Gasteiger partial charge in [0, 0.05) is 13.1 Å². The summed E-state index contributed by atoms with van der Waals surface area (Å²) in [6.45, 7) is 7.35. The van der Waals surface area contributed by atoms with Gasteiger partial charge >= 0.3 is 0 Å². The highest BCUT2D eigenvalue weighted by Gasteiger charge is 2.10. The summed E-state index contributed by atoms with van der Waals surface area (Å²) in [4.78, 5) is 0. The fraction of sp³-hybridized carbons (Fsp3) is 0.667. The van der Waals surface area contributed by atoms with Gasteiger partial charge < -0.3 is 5.32 Å². The van der Waals surface area contributed by atoms with Crippen LogP contribution in [0.1, 0.15) is 44.5 Å². The van der Waals surface area contributed by atoms with Gasteiger partial charge in [0.25, 0.3) is 0 Å². The summed E-state index contributed by atoms with van der Waals surface area (Å²) >= 11 is 0. The van der Waals surface area contributed by atoms with Gasteiger partial charge in [-0.3, -0.25) is 4.68 Å². The molecule has 1 unspecified atom stereocenters. The predicted octanol–water partition coefficient (Wildman–Crippen LogP) is 2.91. The Morgan fingerprint density at radius 3 is 2.94 bits per heavy atom. The minimum atomic E-state index is 0.818. The Bertz CT molecular complexity index is 392. The molecular weight excluding hydrogens is 222 g/mol. The number of aromatic nitrogens is 2. The van der Waals surface area contributed by atoms with Crippen molar-refractivity contribution in [1.29, 1.82) is 0 Å². The van der Waals surface area contributed by atoms with Crippen LogP contribution in [0.15, 0.2) is 18.2 Å². The zero-order valence-electron chi connectivity index (χ0n) is 11.7. The van der Waals surface area contributed by atoms with Crippen LogP contribution in [0.3, 0.4) is 0 Å². The van der Waals surface area contributed by atoms with Crippen molar-refractivity contribution in [3.63, 3.8) is 0 Å². The van der Waals surface area contributed by atoms with Gasteiger partial charge in [-0.15, -0.1) is 0 Å². The Morgan fingerprint density at radius 1 is 1.39 bits per heavy atom. The average Bonchev–Trinajstić information content (AvgIpc) is 2.82. The van der Waals surface area contributed by atoms with E-state index in [9.17, 15) is 0 Å². The summed E-state index contributed by atoms with van der Waals surface area (Å²) in [6.07, 6.45) is 9.46. The fourth-order valence-electron chi connectivity index (χ4n) is 2.55. The molecule has 1 atom stereocenters. The molecule has 2 rings (SSSR count). The first-order chi connectivity index (χ1) is 8.83. The van der Waals surface area contributed by atoms with Gasteiger partial charge in [0.2, 0.25) is 0 Å². The van der Waals surface area contributed by atoms with Crippen LogP contribution in [0.5, 0.6) is 0 Å². The number of aryl methyl sites for hydroxylation is 2. The van der Waals surface area contributed by atoms with E-state index in [0.717, 1.165) is 32.0 Å². The van der Waals surface area contributed by atoms with Crippen molar-refractivity contribution in [3.8, 4) is 0 Å². The van der Waals surface area contributed by atoms with Crippen molar-refractivity contribution >= 4 is 0 Å². The lowest BCUT2D eigenvalue weighted by Gasteiger charge is -2.18. The molecular formula is C15H25N3. The van der Waals surface area contributed by atoms with Gasteiger partial charge in [0.1, 0.15) is 0 Å². The molecule has 0 aromatic carbocycles. The molecule has 1 aliphatic carbocycles. The second-order valence-electron chi connectivity index (χ2n) is 5.08. The summed E-state index contributed by atoms with van der Waals surface area (Å²) in [6, 6.07) is 2.23. The SMILES string of the molecule is CCc1cc(CNCC2CC=CCC2)n(CC)n1. The fourth-order valence-corrected chi connectivity index (χ4v) is 2.55. The average molecular weight is 247 g/mol. The number of rotatable bonds is 6. The van der Waals surface area contributed by atoms with Crippen LogP contribution >= 0.6 is 0 Å². The quantitative estimate of drug-likeness (QED) is 0.783. The van der Waals surface area contributed by atoms with Crippen molar-refractivity contribution in [2.45, 2.75) is 52.6 Å². The third kappa shape index (κ3) is 3.45. The lowest BCUT2D eigenvalue weighted by Crippen LogP contribution is -2.24. The zero-order valence-corrected chi connectivity index (χ0v) is 11.7. The van der Waals surface area contributed by atoms with Gasteiger partial charge in [-0.1, -0.05) is 19.1 Å². The summed E-state index contributed by atoms with van der Waals surface area (Å²) in [5.41, 5.74) is 2.52. The number of nitrogens with zero attached hydrogens (tertiary/aromatic N) is 2. The summed E-state index contributed by atoms with van der Waals surface area (Å²) in [5.74, 6) is 0.818. The Balaban J connectivity index is 1.81. The largest absolute Gasteiger partial charge is 0.311 e. The first kappa shape index (κ1) is 13.3. The van der Waals surface area contributed by atoms with E-state index in [1.165, 1.54) is 30.7 Å². The van der Waals surface area contributed by atoms with E-state index in [0.29, 0.717) is 0 Å². The second kappa shape index (κ2) is 6.74. The molecule has 1 aliphatic rings. The zero-order chi connectivity index (χ0) is 12.8. The standard InChI is InChI=1S/C15H25N3/c1-3-14-10-15(18(4-2)17-14)12-16-11-13-8-6-5-7-9-13/h5-6,10,13,16H,3-4,7-9,11-12H2,1-2H3. The highest BCUT2D eigenvalue weighted by molar-refractivity contribution is 5.10. The maximum atomic E-state index is 4.58. The Kier molecular flexibility index (Phi) is 5.00. The third-order valence-electron chi connectivity index (χ3n) is 3.69. The minimum absolute atomic E-state index is 0.818. The van der Waals surface area contributed by atoms with Gasteiger partial charge in [-0.25, -0.2) is 0 Å². The molecule has 0 saturated heterocycles. The van der Waals surface area contributed by atoms with E-state index in [-0.39, 0.29) is 0 Å². The lowest BCUT2D eigenvalue weighted by atomic mass is 9.94. The van der Waals surface area contributed by atoms with Gasteiger partial charge in [-0.2, -0.15) is 5.10 Å². The number of hydrogen-bond donors (Lipinski definition) is 1. The molecule has 0 saturated carbocycles. The van der Waals surface area contributed by atoms with Crippen LogP contribution in [0.25, 0.3) is 0 Å². The van der Waals surface area contributed by atoms with E-state index in [4.69, 9.17) is 0 Å². The van der Waals surface area contributed by atoms with Crippen LogP contribution in [0, 0.1) is 5.92 Å². The molecule has 1 aromatic heterocycles.